The molecule has 0 amide bonds. The summed E-state index contributed by atoms with van der Waals surface area (Å²) < 4.78 is 0. The molecule has 1 aromatic rings. The summed E-state index contributed by atoms with van der Waals surface area (Å²) in [5.74, 6) is 2.26. The highest BCUT2D eigenvalue weighted by molar-refractivity contribution is 8.00. The molecular weight excluding hydrogens is 194 g/mol. The summed E-state index contributed by atoms with van der Waals surface area (Å²) >= 11 is 2.09. The van der Waals surface area contributed by atoms with Gasteiger partial charge in [0, 0.05) is 36.0 Å². The lowest BCUT2D eigenvalue weighted by molar-refractivity contribution is 0.713. The highest BCUT2D eigenvalue weighted by Crippen LogP contribution is 2.23. The minimum atomic E-state index is 0.772. The molecule has 0 aliphatic carbocycles. The third-order valence-corrected chi connectivity index (χ3v) is 3.96. The van der Waals surface area contributed by atoms with Crippen molar-refractivity contribution in [3.05, 3.63) is 11.9 Å². The third kappa shape index (κ3) is 2.05. The van der Waals surface area contributed by atoms with E-state index in [1.807, 2.05) is 13.1 Å². The van der Waals surface area contributed by atoms with Gasteiger partial charge in [0.25, 0.3) is 0 Å². The number of nitrogens with one attached hydrogen (secondary N) is 1. The number of rotatable bonds is 2. The van der Waals surface area contributed by atoms with Crippen LogP contribution in [0.1, 0.15) is 19.0 Å². The lowest BCUT2D eigenvalue weighted by Crippen LogP contribution is -2.38. The van der Waals surface area contributed by atoms with Crippen LogP contribution in [0.3, 0.4) is 0 Å². The SMILES string of the molecule is CCC1CN(c2ncc(C)[nH]2)CCS1. The Labute approximate surface area is 89.3 Å². The molecule has 0 aromatic carbocycles. The molecule has 1 aliphatic rings. The third-order valence-electron chi connectivity index (χ3n) is 2.58. The predicted molar refractivity (Wildman–Crippen MR) is 62.1 cm³/mol. The number of aromatic amines is 1. The second-order valence-corrected chi connectivity index (χ2v) is 5.15. The normalized spacial score (nSPS) is 22.7. The van der Waals surface area contributed by atoms with Crippen LogP contribution in [0.5, 0.6) is 0 Å². The van der Waals surface area contributed by atoms with E-state index >= 15 is 0 Å². The summed E-state index contributed by atoms with van der Waals surface area (Å²) in [7, 11) is 0. The molecule has 2 heterocycles. The van der Waals surface area contributed by atoms with Crippen LogP contribution >= 0.6 is 11.8 Å². The van der Waals surface area contributed by atoms with Crippen molar-refractivity contribution in [2.45, 2.75) is 25.5 Å². The Morgan fingerprint density at radius 3 is 3.21 bits per heavy atom. The van der Waals surface area contributed by atoms with Gasteiger partial charge in [0.05, 0.1) is 0 Å². The maximum atomic E-state index is 4.37. The molecule has 1 N–H and O–H groups in total. The van der Waals surface area contributed by atoms with Crippen molar-refractivity contribution in [1.82, 2.24) is 9.97 Å². The van der Waals surface area contributed by atoms with Crippen LogP contribution in [0, 0.1) is 6.92 Å². The molecule has 1 aromatic heterocycles. The number of imidazole rings is 1. The smallest absolute Gasteiger partial charge is 0.203 e. The van der Waals surface area contributed by atoms with Gasteiger partial charge in [-0.2, -0.15) is 11.8 Å². The number of anilines is 1. The Bertz CT molecular complexity index is 297. The standard InChI is InChI=1S/C10H17N3S/c1-3-9-7-13(4-5-14-9)10-11-6-8(2)12-10/h6,9H,3-5,7H2,1-2H3,(H,11,12). The molecule has 1 aliphatic heterocycles. The fourth-order valence-corrected chi connectivity index (χ4v) is 2.90. The summed E-state index contributed by atoms with van der Waals surface area (Å²) in [6.45, 7) is 6.56. The van der Waals surface area contributed by atoms with Gasteiger partial charge in [-0.15, -0.1) is 0 Å². The maximum Gasteiger partial charge on any atom is 0.203 e. The second-order valence-electron chi connectivity index (χ2n) is 3.74. The van der Waals surface area contributed by atoms with Gasteiger partial charge in [0.15, 0.2) is 0 Å². The maximum absolute atomic E-state index is 4.37. The average Bonchev–Trinajstić information content (AvgIpc) is 2.65. The minimum absolute atomic E-state index is 0.772. The zero-order valence-electron chi connectivity index (χ0n) is 8.79. The highest BCUT2D eigenvalue weighted by atomic mass is 32.2. The lowest BCUT2D eigenvalue weighted by atomic mass is 10.3. The minimum Gasteiger partial charge on any atom is -0.340 e. The molecule has 1 saturated heterocycles. The zero-order chi connectivity index (χ0) is 9.97. The second kappa shape index (κ2) is 4.26. The number of thioether (sulfide) groups is 1. The van der Waals surface area contributed by atoms with E-state index in [-0.39, 0.29) is 0 Å². The molecule has 2 rings (SSSR count). The predicted octanol–water partition coefficient (Wildman–Crippen LogP) is 2.05. The first-order valence-corrected chi connectivity index (χ1v) is 6.22. The summed E-state index contributed by atoms with van der Waals surface area (Å²) in [5, 5.41) is 0.772. The molecular formula is C10H17N3S. The number of hydrogen-bond acceptors (Lipinski definition) is 3. The molecule has 1 unspecified atom stereocenters. The van der Waals surface area contributed by atoms with E-state index < -0.39 is 0 Å². The quantitative estimate of drug-likeness (QED) is 0.812. The first-order chi connectivity index (χ1) is 6.79. The van der Waals surface area contributed by atoms with Gasteiger partial charge in [-0.05, 0) is 13.3 Å². The lowest BCUT2D eigenvalue weighted by Gasteiger charge is -2.31. The average molecular weight is 211 g/mol. The summed E-state index contributed by atoms with van der Waals surface area (Å²) in [6.07, 6.45) is 3.15. The van der Waals surface area contributed by atoms with E-state index in [1.54, 1.807) is 0 Å². The van der Waals surface area contributed by atoms with Gasteiger partial charge in [-0.1, -0.05) is 6.92 Å². The van der Waals surface area contributed by atoms with E-state index in [9.17, 15) is 0 Å². The molecule has 0 radical (unpaired) electrons. The van der Waals surface area contributed by atoms with Gasteiger partial charge in [-0.25, -0.2) is 4.98 Å². The number of nitrogens with zero attached hydrogens (tertiary/aromatic N) is 2. The van der Waals surface area contributed by atoms with Gasteiger partial charge in [0.2, 0.25) is 5.95 Å². The van der Waals surface area contributed by atoms with Crippen molar-refractivity contribution >= 4 is 17.7 Å². The van der Waals surface area contributed by atoms with Gasteiger partial charge >= 0.3 is 0 Å². The monoisotopic (exact) mass is 211 g/mol. The van der Waals surface area contributed by atoms with Crippen LogP contribution in [0.15, 0.2) is 6.20 Å². The van der Waals surface area contributed by atoms with Crippen LogP contribution in [-0.4, -0.2) is 34.1 Å². The van der Waals surface area contributed by atoms with E-state index in [4.69, 9.17) is 0 Å². The summed E-state index contributed by atoms with van der Waals surface area (Å²) in [4.78, 5) is 10.0. The summed E-state index contributed by atoms with van der Waals surface area (Å²) in [5.41, 5.74) is 1.14. The number of aryl methyl sites for hydroxylation is 1. The van der Waals surface area contributed by atoms with E-state index in [1.165, 1.54) is 12.2 Å². The van der Waals surface area contributed by atoms with Crippen molar-refractivity contribution in [3.63, 3.8) is 0 Å². The molecule has 4 heteroatoms. The molecule has 1 atom stereocenters. The van der Waals surface area contributed by atoms with Crippen molar-refractivity contribution in [1.29, 1.82) is 0 Å². The molecule has 1 fully saturated rings. The van der Waals surface area contributed by atoms with Crippen LogP contribution in [0.25, 0.3) is 0 Å². The fraction of sp³-hybridized carbons (Fsp3) is 0.700. The van der Waals surface area contributed by atoms with Gasteiger partial charge in [0.1, 0.15) is 0 Å². The largest absolute Gasteiger partial charge is 0.340 e. The van der Waals surface area contributed by atoms with E-state index in [2.05, 4.69) is 33.6 Å². The first kappa shape index (κ1) is 9.90. The number of aromatic nitrogens is 2. The van der Waals surface area contributed by atoms with E-state index in [0.717, 1.165) is 30.0 Å². The van der Waals surface area contributed by atoms with Gasteiger partial charge < -0.3 is 9.88 Å². The topological polar surface area (TPSA) is 31.9 Å². The Hall–Kier alpha value is -0.640. The Balaban J connectivity index is 2.04. The van der Waals surface area contributed by atoms with Crippen molar-refractivity contribution in [3.8, 4) is 0 Å². The first-order valence-electron chi connectivity index (χ1n) is 5.17. The molecule has 0 spiro atoms. The van der Waals surface area contributed by atoms with Crippen LogP contribution in [0.4, 0.5) is 5.95 Å². The zero-order valence-corrected chi connectivity index (χ0v) is 9.60. The molecule has 14 heavy (non-hydrogen) atoms. The Kier molecular flexibility index (Phi) is 3.01. The van der Waals surface area contributed by atoms with Crippen LogP contribution in [0.2, 0.25) is 0 Å². The Morgan fingerprint density at radius 1 is 1.71 bits per heavy atom. The summed E-state index contributed by atoms with van der Waals surface area (Å²) in [6, 6.07) is 0. The molecule has 0 saturated carbocycles. The molecule has 3 nitrogen and oxygen atoms in total. The van der Waals surface area contributed by atoms with Gasteiger partial charge in [-0.3, -0.25) is 0 Å². The van der Waals surface area contributed by atoms with Crippen molar-refractivity contribution in [2.75, 3.05) is 23.7 Å². The van der Waals surface area contributed by atoms with Crippen LogP contribution < -0.4 is 4.90 Å². The highest BCUT2D eigenvalue weighted by Gasteiger charge is 2.20. The number of H-pyrrole nitrogens is 1. The molecule has 0 bridgehead atoms. The fourth-order valence-electron chi connectivity index (χ4n) is 1.72. The van der Waals surface area contributed by atoms with E-state index in [0.29, 0.717) is 0 Å². The number of hydrogen-bond donors (Lipinski definition) is 1. The molecule has 78 valence electrons. The van der Waals surface area contributed by atoms with Crippen LogP contribution in [-0.2, 0) is 0 Å². The van der Waals surface area contributed by atoms with Crippen molar-refractivity contribution < 1.29 is 0 Å². The van der Waals surface area contributed by atoms with Crippen molar-refractivity contribution in [2.24, 2.45) is 0 Å². The Morgan fingerprint density at radius 2 is 2.57 bits per heavy atom.